The van der Waals surface area contributed by atoms with Crippen molar-refractivity contribution in [1.29, 1.82) is 0 Å². The van der Waals surface area contributed by atoms with Crippen molar-refractivity contribution in [1.82, 2.24) is 0 Å². The first-order chi connectivity index (χ1) is 9.24. The highest BCUT2D eigenvalue weighted by Gasteiger charge is 2.23. The lowest BCUT2D eigenvalue weighted by molar-refractivity contribution is -0.114. The summed E-state index contributed by atoms with van der Waals surface area (Å²) in [6.07, 6.45) is 0.230. The third kappa shape index (κ3) is 2.69. The van der Waals surface area contributed by atoms with E-state index in [0.717, 1.165) is 28.8 Å². The highest BCUT2D eigenvalue weighted by Crippen LogP contribution is 2.31. The molecule has 1 fully saturated rings. The molecule has 1 atom stereocenters. The van der Waals surface area contributed by atoms with Crippen LogP contribution in [0, 0.1) is 0 Å². The molecule has 2 aromatic rings. The molecular weight excluding hydrogens is 242 g/mol. The maximum absolute atomic E-state index is 11.2. The third-order valence-electron chi connectivity index (χ3n) is 3.02. The number of hydrogen-bond donors (Lipinski definition) is 1. The maximum Gasteiger partial charge on any atom is 0.221 e. The van der Waals surface area contributed by atoms with Gasteiger partial charge in [-0.1, -0.05) is 24.3 Å². The maximum atomic E-state index is 11.2. The SMILES string of the molecule is CC(=O)Nc1cccc2c(OCC3CO3)cccc12. The highest BCUT2D eigenvalue weighted by molar-refractivity contribution is 6.03. The van der Waals surface area contributed by atoms with Crippen molar-refractivity contribution in [2.45, 2.75) is 13.0 Å². The van der Waals surface area contributed by atoms with Gasteiger partial charge in [0, 0.05) is 23.4 Å². The van der Waals surface area contributed by atoms with E-state index < -0.39 is 0 Å². The quantitative estimate of drug-likeness (QED) is 0.856. The van der Waals surface area contributed by atoms with Crippen LogP contribution in [0.2, 0.25) is 0 Å². The summed E-state index contributed by atoms with van der Waals surface area (Å²) in [5.41, 5.74) is 0.804. The second-order valence-electron chi connectivity index (χ2n) is 4.60. The Morgan fingerprint density at radius 2 is 2.05 bits per heavy atom. The highest BCUT2D eigenvalue weighted by atomic mass is 16.6. The lowest BCUT2D eigenvalue weighted by Crippen LogP contribution is -2.07. The minimum absolute atomic E-state index is 0.0785. The molecule has 0 aromatic heterocycles. The summed E-state index contributed by atoms with van der Waals surface area (Å²) in [5.74, 6) is 0.741. The number of epoxide rings is 1. The molecule has 0 aliphatic carbocycles. The number of ether oxygens (including phenoxy) is 2. The van der Waals surface area contributed by atoms with Gasteiger partial charge >= 0.3 is 0 Å². The van der Waals surface area contributed by atoms with E-state index in [9.17, 15) is 4.79 Å². The molecule has 0 bridgehead atoms. The van der Waals surface area contributed by atoms with Crippen molar-refractivity contribution < 1.29 is 14.3 Å². The van der Waals surface area contributed by atoms with Gasteiger partial charge in [0.15, 0.2) is 0 Å². The van der Waals surface area contributed by atoms with Crippen LogP contribution < -0.4 is 10.1 Å². The van der Waals surface area contributed by atoms with Gasteiger partial charge in [-0.2, -0.15) is 0 Å². The largest absolute Gasteiger partial charge is 0.490 e. The van der Waals surface area contributed by atoms with E-state index in [4.69, 9.17) is 9.47 Å². The number of nitrogens with one attached hydrogen (secondary N) is 1. The summed E-state index contributed by atoms with van der Waals surface area (Å²) < 4.78 is 10.9. The molecule has 1 saturated heterocycles. The Morgan fingerprint density at radius 3 is 2.79 bits per heavy atom. The second-order valence-corrected chi connectivity index (χ2v) is 4.60. The Balaban J connectivity index is 1.96. The summed E-state index contributed by atoms with van der Waals surface area (Å²) in [6.45, 7) is 2.86. The van der Waals surface area contributed by atoms with Crippen LogP contribution in [0.4, 0.5) is 5.69 Å². The smallest absolute Gasteiger partial charge is 0.221 e. The molecule has 1 heterocycles. The molecule has 1 N–H and O–H groups in total. The van der Waals surface area contributed by atoms with Crippen LogP contribution >= 0.6 is 0 Å². The van der Waals surface area contributed by atoms with E-state index in [1.807, 2.05) is 36.4 Å². The molecule has 0 radical (unpaired) electrons. The molecule has 0 spiro atoms. The lowest BCUT2D eigenvalue weighted by atomic mass is 10.1. The number of carbonyl (C=O) groups is 1. The summed E-state index contributed by atoms with van der Waals surface area (Å²) in [7, 11) is 0. The van der Waals surface area contributed by atoms with E-state index in [2.05, 4.69) is 5.32 Å². The minimum atomic E-state index is -0.0785. The first kappa shape index (κ1) is 12.0. The zero-order valence-electron chi connectivity index (χ0n) is 10.7. The number of amides is 1. The average Bonchev–Trinajstić information content (AvgIpc) is 3.20. The first-order valence-corrected chi connectivity index (χ1v) is 6.28. The van der Waals surface area contributed by atoms with Crippen LogP contribution in [-0.4, -0.2) is 25.2 Å². The summed E-state index contributed by atoms with van der Waals surface area (Å²) >= 11 is 0. The molecule has 2 aromatic carbocycles. The molecular formula is C15H15NO3. The fourth-order valence-corrected chi connectivity index (χ4v) is 2.05. The van der Waals surface area contributed by atoms with E-state index >= 15 is 0 Å². The Hall–Kier alpha value is -2.07. The van der Waals surface area contributed by atoms with E-state index in [1.165, 1.54) is 6.92 Å². The Bertz CT molecular complexity index is 620. The molecule has 1 amide bonds. The number of anilines is 1. The minimum Gasteiger partial charge on any atom is -0.490 e. The third-order valence-corrected chi connectivity index (χ3v) is 3.02. The summed E-state index contributed by atoms with van der Waals surface area (Å²) in [5, 5.41) is 4.81. The predicted octanol–water partition coefficient (Wildman–Crippen LogP) is 2.58. The van der Waals surface area contributed by atoms with Crippen LogP contribution in [0.1, 0.15) is 6.92 Å². The summed E-state index contributed by atoms with van der Waals surface area (Å²) in [4.78, 5) is 11.2. The fourth-order valence-electron chi connectivity index (χ4n) is 2.05. The molecule has 1 unspecified atom stereocenters. The molecule has 4 heteroatoms. The van der Waals surface area contributed by atoms with Gasteiger partial charge in [0.05, 0.1) is 6.61 Å². The lowest BCUT2D eigenvalue weighted by Gasteiger charge is -2.11. The standard InChI is InChI=1S/C15H15NO3/c1-10(17)16-14-6-2-5-13-12(14)4-3-7-15(13)19-9-11-8-18-11/h2-7,11H,8-9H2,1H3,(H,16,17). The fraction of sp³-hybridized carbons (Fsp3) is 0.267. The number of rotatable bonds is 4. The molecule has 3 rings (SSSR count). The van der Waals surface area contributed by atoms with Crippen molar-refractivity contribution in [2.24, 2.45) is 0 Å². The predicted molar refractivity (Wildman–Crippen MR) is 73.5 cm³/mol. The first-order valence-electron chi connectivity index (χ1n) is 6.28. The zero-order chi connectivity index (χ0) is 13.2. The van der Waals surface area contributed by atoms with Crippen molar-refractivity contribution in [3.05, 3.63) is 36.4 Å². The van der Waals surface area contributed by atoms with Crippen LogP contribution in [0.25, 0.3) is 10.8 Å². The molecule has 4 nitrogen and oxygen atoms in total. The van der Waals surface area contributed by atoms with E-state index in [0.29, 0.717) is 6.61 Å². The number of hydrogen-bond acceptors (Lipinski definition) is 3. The number of benzene rings is 2. The van der Waals surface area contributed by atoms with Crippen molar-refractivity contribution >= 4 is 22.4 Å². The Labute approximate surface area is 111 Å². The van der Waals surface area contributed by atoms with Crippen LogP contribution in [0.5, 0.6) is 5.75 Å². The van der Waals surface area contributed by atoms with Gasteiger partial charge in [0.2, 0.25) is 5.91 Å². The van der Waals surface area contributed by atoms with Crippen LogP contribution in [0.15, 0.2) is 36.4 Å². The average molecular weight is 257 g/mol. The van der Waals surface area contributed by atoms with Gasteiger partial charge in [0.25, 0.3) is 0 Å². The van der Waals surface area contributed by atoms with Gasteiger partial charge in [-0.15, -0.1) is 0 Å². The van der Waals surface area contributed by atoms with Gasteiger partial charge in [0.1, 0.15) is 18.5 Å². The molecule has 0 saturated carbocycles. The van der Waals surface area contributed by atoms with Crippen LogP contribution in [-0.2, 0) is 9.53 Å². The van der Waals surface area contributed by atoms with Gasteiger partial charge < -0.3 is 14.8 Å². The molecule has 1 aliphatic rings. The van der Waals surface area contributed by atoms with Crippen molar-refractivity contribution in [3.8, 4) is 5.75 Å². The number of fused-ring (bicyclic) bond motifs is 1. The normalized spacial score (nSPS) is 17.2. The van der Waals surface area contributed by atoms with E-state index in [1.54, 1.807) is 0 Å². The van der Waals surface area contributed by atoms with Gasteiger partial charge in [-0.05, 0) is 12.1 Å². The topological polar surface area (TPSA) is 50.9 Å². The summed E-state index contributed by atoms with van der Waals surface area (Å²) in [6, 6.07) is 11.6. The van der Waals surface area contributed by atoms with Crippen molar-refractivity contribution in [3.63, 3.8) is 0 Å². The Kier molecular flexibility index (Phi) is 3.09. The molecule has 19 heavy (non-hydrogen) atoms. The molecule has 1 aliphatic heterocycles. The number of carbonyl (C=O) groups excluding carboxylic acids is 1. The van der Waals surface area contributed by atoms with Gasteiger partial charge in [-0.25, -0.2) is 0 Å². The van der Waals surface area contributed by atoms with Crippen LogP contribution in [0.3, 0.4) is 0 Å². The Morgan fingerprint density at radius 1 is 1.32 bits per heavy atom. The van der Waals surface area contributed by atoms with E-state index in [-0.39, 0.29) is 12.0 Å². The zero-order valence-corrected chi connectivity index (χ0v) is 10.7. The second kappa shape index (κ2) is 4.90. The van der Waals surface area contributed by atoms with Gasteiger partial charge in [-0.3, -0.25) is 4.79 Å². The van der Waals surface area contributed by atoms with Crippen molar-refractivity contribution in [2.75, 3.05) is 18.5 Å². The molecule has 98 valence electrons. The monoisotopic (exact) mass is 257 g/mol.